The van der Waals surface area contributed by atoms with Gasteiger partial charge in [0.1, 0.15) is 0 Å². The zero-order chi connectivity index (χ0) is 18.4. The first-order chi connectivity index (χ1) is 12.7. The molecule has 2 aliphatic heterocycles. The van der Waals surface area contributed by atoms with Crippen molar-refractivity contribution >= 4 is 5.91 Å². The Morgan fingerprint density at radius 3 is 2.81 bits per heavy atom. The number of rotatable bonds is 9. The molecule has 26 heavy (non-hydrogen) atoms. The molecule has 0 radical (unpaired) electrons. The van der Waals surface area contributed by atoms with Crippen LogP contribution in [-0.2, 0) is 11.3 Å². The predicted molar refractivity (Wildman–Crippen MR) is 99.3 cm³/mol. The van der Waals surface area contributed by atoms with Crippen molar-refractivity contribution in [2.75, 3.05) is 26.2 Å². The first kappa shape index (κ1) is 18.6. The molecule has 1 aromatic heterocycles. The van der Waals surface area contributed by atoms with Crippen molar-refractivity contribution in [3.8, 4) is 12.3 Å². The molecule has 1 amide bonds. The summed E-state index contributed by atoms with van der Waals surface area (Å²) in [6.45, 7) is 6.65. The van der Waals surface area contributed by atoms with Gasteiger partial charge in [-0.2, -0.15) is 15.3 Å². The van der Waals surface area contributed by atoms with E-state index in [0.29, 0.717) is 19.3 Å². The number of hydrogen-bond acceptors (Lipinski definition) is 5. The van der Waals surface area contributed by atoms with Gasteiger partial charge in [0.2, 0.25) is 5.91 Å². The normalized spacial score (nSPS) is 21.5. The Morgan fingerprint density at radius 2 is 2.15 bits per heavy atom. The summed E-state index contributed by atoms with van der Waals surface area (Å²) in [5, 5.41) is 12.5. The van der Waals surface area contributed by atoms with Crippen LogP contribution in [0.25, 0.3) is 0 Å². The average Bonchev–Trinajstić information content (AvgIpc) is 3.25. The largest absolute Gasteiger partial charge is 0.337 e. The number of amides is 1. The van der Waals surface area contributed by atoms with E-state index in [4.69, 9.17) is 6.42 Å². The molecule has 0 spiro atoms. The third-order valence-electron chi connectivity index (χ3n) is 5.35. The number of terminal acetylenes is 1. The molecule has 1 atom stereocenters. The van der Waals surface area contributed by atoms with Crippen molar-refractivity contribution in [3.05, 3.63) is 18.5 Å². The third kappa shape index (κ3) is 4.70. The van der Waals surface area contributed by atoms with Gasteiger partial charge in [-0.1, -0.05) is 6.92 Å². The SMILES string of the molecule is C#CCCC1(CCC(=O)N2CCN(CCn3cccn3)CC2CC)N=N1. The molecule has 1 fully saturated rings. The zero-order valence-corrected chi connectivity index (χ0v) is 15.5. The summed E-state index contributed by atoms with van der Waals surface area (Å²) in [5.41, 5.74) is -0.366. The predicted octanol–water partition coefficient (Wildman–Crippen LogP) is 2.16. The van der Waals surface area contributed by atoms with Gasteiger partial charge in [0.25, 0.3) is 0 Å². The molecule has 7 nitrogen and oxygen atoms in total. The lowest BCUT2D eigenvalue weighted by Crippen LogP contribution is -2.55. The highest BCUT2D eigenvalue weighted by molar-refractivity contribution is 5.76. The van der Waals surface area contributed by atoms with Crippen molar-refractivity contribution in [2.24, 2.45) is 10.2 Å². The zero-order valence-electron chi connectivity index (χ0n) is 15.5. The molecule has 0 bridgehead atoms. The van der Waals surface area contributed by atoms with Crippen molar-refractivity contribution in [2.45, 2.75) is 57.3 Å². The molecule has 2 aliphatic rings. The highest BCUT2D eigenvalue weighted by Crippen LogP contribution is 2.37. The number of piperazine rings is 1. The van der Waals surface area contributed by atoms with Gasteiger partial charge in [-0.15, -0.1) is 12.3 Å². The first-order valence-electron chi connectivity index (χ1n) is 9.52. The fourth-order valence-corrected chi connectivity index (χ4v) is 3.60. The van der Waals surface area contributed by atoms with Gasteiger partial charge in [0, 0.05) is 70.3 Å². The minimum Gasteiger partial charge on any atom is -0.337 e. The monoisotopic (exact) mass is 356 g/mol. The molecule has 140 valence electrons. The Morgan fingerprint density at radius 1 is 1.31 bits per heavy atom. The molecule has 7 heteroatoms. The number of hydrogen-bond donors (Lipinski definition) is 0. The van der Waals surface area contributed by atoms with Crippen molar-refractivity contribution in [1.82, 2.24) is 19.6 Å². The summed E-state index contributed by atoms with van der Waals surface area (Å²) in [4.78, 5) is 17.2. The van der Waals surface area contributed by atoms with Gasteiger partial charge in [-0.25, -0.2) is 0 Å². The lowest BCUT2D eigenvalue weighted by atomic mass is 10.0. The minimum absolute atomic E-state index is 0.223. The van der Waals surface area contributed by atoms with E-state index in [1.807, 2.05) is 16.9 Å². The molecule has 0 aliphatic carbocycles. The lowest BCUT2D eigenvalue weighted by molar-refractivity contribution is -0.136. The smallest absolute Gasteiger partial charge is 0.223 e. The van der Waals surface area contributed by atoms with Crippen molar-refractivity contribution in [3.63, 3.8) is 0 Å². The molecule has 0 N–H and O–H groups in total. The summed E-state index contributed by atoms with van der Waals surface area (Å²) in [6, 6.07) is 2.23. The van der Waals surface area contributed by atoms with Crippen molar-refractivity contribution < 1.29 is 4.79 Å². The van der Waals surface area contributed by atoms with Crippen LogP contribution < -0.4 is 0 Å². The van der Waals surface area contributed by atoms with Crippen LogP contribution >= 0.6 is 0 Å². The van der Waals surface area contributed by atoms with E-state index < -0.39 is 0 Å². The maximum absolute atomic E-state index is 12.7. The maximum atomic E-state index is 12.7. The summed E-state index contributed by atoms with van der Waals surface area (Å²) >= 11 is 0. The van der Waals surface area contributed by atoms with Crippen LogP contribution in [0, 0.1) is 12.3 Å². The Balaban J connectivity index is 1.44. The molecule has 3 heterocycles. The van der Waals surface area contributed by atoms with E-state index in [0.717, 1.165) is 45.6 Å². The van der Waals surface area contributed by atoms with Gasteiger partial charge in [0.15, 0.2) is 5.66 Å². The van der Waals surface area contributed by atoms with E-state index >= 15 is 0 Å². The first-order valence-corrected chi connectivity index (χ1v) is 9.52. The highest BCUT2D eigenvalue weighted by Gasteiger charge is 2.40. The molecule has 1 aromatic rings. The second kappa shape index (κ2) is 8.45. The van der Waals surface area contributed by atoms with E-state index in [9.17, 15) is 4.79 Å². The standard InChI is InChI=1S/C19H28N6O/c1-3-5-8-19(21-22-19)9-7-18(26)25-15-13-23(16-17(25)4-2)12-14-24-11-6-10-20-24/h1,6,10-11,17H,4-5,7-9,12-16H2,2H3. The van der Waals surface area contributed by atoms with E-state index in [-0.39, 0.29) is 17.6 Å². The Kier molecular flexibility index (Phi) is 6.04. The maximum Gasteiger partial charge on any atom is 0.223 e. The highest BCUT2D eigenvalue weighted by atomic mass is 16.2. The van der Waals surface area contributed by atoms with Crippen LogP contribution in [0.1, 0.15) is 39.0 Å². The van der Waals surface area contributed by atoms with E-state index in [1.54, 1.807) is 6.20 Å². The summed E-state index contributed by atoms with van der Waals surface area (Å²) < 4.78 is 1.96. The van der Waals surface area contributed by atoms with Gasteiger partial charge in [-0.3, -0.25) is 14.4 Å². The van der Waals surface area contributed by atoms with Crippen LogP contribution in [0.3, 0.4) is 0 Å². The number of nitrogens with zero attached hydrogens (tertiary/aromatic N) is 6. The number of carbonyl (C=O) groups excluding carboxylic acids is 1. The second-order valence-electron chi connectivity index (χ2n) is 7.11. The Bertz CT molecular complexity index is 656. The van der Waals surface area contributed by atoms with Crippen LogP contribution in [0.15, 0.2) is 28.7 Å². The quantitative estimate of drug-likeness (QED) is 0.637. The third-order valence-corrected chi connectivity index (χ3v) is 5.35. The number of carbonyl (C=O) groups is 1. The molecule has 1 unspecified atom stereocenters. The topological polar surface area (TPSA) is 66.1 Å². The average molecular weight is 356 g/mol. The Hall–Kier alpha value is -2.20. The Labute approximate surface area is 155 Å². The summed E-state index contributed by atoms with van der Waals surface area (Å²) in [5.74, 6) is 2.85. The van der Waals surface area contributed by atoms with Gasteiger partial charge in [0.05, 0.1) is 6.54 Å². The molecular weight excluding hydrogens is 328 g/mol. The summed E-state index contributed by atoms with van der Waals surface area (Å²) in [6.07, 6.45) is 12.7. The number of aromatic nitrogens is 2. The lowest BCUT2D eigenvalue weighted by Gasteiger charge is -2.41. The van der Waals surface area contributed by atoms with Crippen LogP contribution in [0.4, 0.5) is 0 Å². The molecular formula is C19H28N6O. The molecule has 3 rings (SSSR count). The van der Waals surface area contributed by atoms with Crippen LogP contribution in [0.5, 0.6) is 0 Å². The molecule has 0 saturated carbocycles. The van der Waals surface area contributed by atoms with Crippen LogP contribution in [-0.4, -0.2) is 63.4 Å². The molecule has 1 saturated heterocycles. The van der Waals surface area contributed by atoms with Crippen LogP contribution in [0.2, 0.25) is 0 Å². The van der Waals surface area contributed by atoms with E-state index in [2.05, 4.69) is 38.0 Å². The fourth-order valence-electron chi connectivity index (χ4n) is 3.60. The minimum atomic E-state index is -0.366. The van der Waals surface area contributed by atoms with Gasteiger partial charge >= 0.3 is 0 Å². The van der Waals surface area contributed by atoms with Gasteiger partial charge < -0.3 is 4.90 Å². The van der Waals surface area contributed by atoms with E-state index in [1.165, 1.54) is 0 Å². The fraction of sp³-hybridized carbons (Fsp3) is 0.684. The second-order valence-corrected chi connectivity index (χ2v) is 7.11. The summed E-state index contributed by atoms with van der Waals surface area (Å²) in [7, 11) is 0. The van der Waals surface area contributed by atoms with Gasteiger partial charge in [-0.05, 0) is 12.5 Å². The van der Waals surface area contributed by atoms with Crippen molar-refractivity contribution in [1.29, 1.82) is 0 Å². The molecule has 0 aromatic carbocycles.